The molecule has 0 saturated heterocycles. The van der Waals surface area contributed by atoms with Crippen LogP contribution in [-0.2, 0) is 28.2 Å². The van der Waals surface area contributed by atoms with Crippen molar-refractivity contribution in [1.82, 2.24) is 0 Å². The van der Waals surface area contributed by atoms with E-state index in [0.29, 0.717) is 12.8 Å². The van der Waals surface area contributed by atoms with Gasteiger partial charge in [0.25, 0.3) is 0 Å². The Morgan fingerprint density at radius 1 is 0.667 bits per heavy atom. The maximum Gasteiger partial charge on any atom is 0.469 e. The van der Waals surface area contributed by atoms with Crippen molar-refractivity contribution in [1.29, 1.82) is 0 Å². The summed E-state index contributed by atoms with van der Waals surface area (Å²) in [6, 6.07) is 0. The lowest BCUT2D eigenvalue weighted by Crippen LogP contribution is -2.29. The zero-order valence-corrected chi connectivity index (χ0v) is 21.7. The molecule has 0 rings (SSSR count). The molecule has 0 aromatic heterocycles. The fraction of sp³-hybridized carbons (Fsp3) is 0.917. The molecule has 0 spiro atoms. The molecule has 0 aliphatic carbocycles. The first-order chi connectivity index (χ1) is 15.8. The van der Waals surface area contributed by atoms with Crippen molar-refractivity contribution in [3.8, 4) is 0 Å². The quantitative estimate of drug-likeness (QED) is 0.0975. The normalized spacial score (nSPS) is 12.5. The molecule has 196 valence electrons. The van der Waals surface area contributed by atoms with E-state index in [1.165, 1.54) is 64.2 Å². The SMILES string of the molecule is CCCCCCCCCCCCCCCCC(=O)OC(COC(=O)CCC)COP(=O)(O)O. The Bertz CT molecular complexity index is 535. The number of hydrogen-bond donors (Lipinski definition) is 2. The summed E-state index contributed by atoms with van der Waals surface area (Å²) >= 11 is 0. The van der Waals surface area contributed by atoms with Crippen molar-refractivity contribution in [3.63, 3.8) is 0 Å². The maximum atomic E-state index is 12.1. The van der Waals surface area contributed by atoms with Gasteiger partial charge in [0, 0.05) is 12.8 Å². The molecule has 0 heterocycles. The second-order valence-electron chi connectivity index (χ2n) is 8.68. The molecule has 0 aliphatic heterocycles. The fourth-order valence-electron chi connectivity index (χ4n) is 3.47. The lowest BCUT2D eigenvalue weighted by molar-refractivity contribution is -0.161. The summed E-state index contributed by atoms with van der Waals surface area (Å²) in [7, 11) is -4.71. The first kappa shape index (κ1) is 32.0. The standard InChI is InChI=1S/C24H47O8P/c1-3-5-6-7-8-9-10-11-12-13-14-15-16-17-19-24(26)32-22(21-31-33(27,28)29)20-30-23(25)18-4-2/h22H,3-21H2,1-2H3,(H2,27,28,29). The highest BCUT2D eigenvalue weighted by Gasteiger charge is 2.22. The number of rotatable bonds is 23. The van der Waals surface area contributed by atoms with Crippen LogP contribution in [0.15, 0.2) is 0 Å². The van der Waals surface area contributed by atoms with Crippen molar-refractivity contribution in [3.05, 3.63) is 0 Å². The van der Waals surface area contributed by atoms with Gasteiger partial charge in [-0.05, 0) is 12.8 Å². The van der Waals surface area contributed by atoms with Crippen molar-refractivity contribution < 1.29 is 37.9 Å². The van der Waals surface area contributed by atoms with Crippen LogP contribution in [0.4, 0.5) is 0 Å². The highest BCUT2D eigenvalue weighted by Crippen LogP contribution is 2.35. The number of phosphoric ester groups is 1. The molecule has 33 heavy (non-hydrogen) atoms. The summed E-state index contributed by atoms with van der Waals surface area (Å²) in [5.74, 6) is -0.943. The largest absolute Gasteiger partial charge is 0.469 e. The van der Waals surface area contributed by atoms with E-state index in [4.69, 9.17) is 19.3 Å². The van der Waals surface area contributed by atoms with E-state index in [-0.39, 0.29) is 19.4 Å². The van der Waals surface area contributed by atoms with Gasteiger partial charge in [-0.15, -0.1) is 0 Å². The molecule has 1 unspecified atom stereocenters. The first-order valence-electron chi connectivity index (χ1n) is 12.8. The van der Waals surface area contributed by atoms with Crippen LogP contribution in [0.2, 0.25) is 0 Å². The molecule has 0 amide bonds. The van der Waals surface area contributed by atoms with Crippen LogP contribution >= 0.6 is 7.82 Å². The number of unbranched alkanes of at least 4 members (excludes halogenated alkanes) is 13. The Kier molecular flexibility index (Phi) is 21.0. The molecule has 0 saturated carbocycles. The van der Waals surface area contributed by atoms with Crippen LogP contribution in [0.3, 0.4) is 0 Å². The van der Waals surface area contributed by atoms with Gasteiger partial charge < -0.3 is 19.3 Å². The third-order valence-electron chi connectivity index (χ3n) is 5.35. The molecule has 0 bridgehead atoms. The van der Waals surface area contributed by atoms with E-state index in [1.54, 1.807) is 0 Å². The molecule has 9 heteroatoms. The molecule has 0 aromatic carbocycles. The molecular formula is C24H47O8P. The minimum Gasteiger partial charge on any atom is -0.462 e. The Hall–Kier alpha value is -0.950. The predicted molar refractivity (Wildman–Crippen MR) is 129 cm³/mol. The summed E-state index contributed by atoms with van der Waals surface area (Å²) in [5, 5.41) is 0. The Morgan fingerprint density at radius 3 is 1.61 bits per heavy atom. The summed E-state index contributed by atoms with van der Waals surface area (Å²) in [5.41, 5.74) is 0. The van der Waals surface area contributed by atoms with E-state index in [9.17, 15) is 14.2 Å². The van der Waals surface area contributed by atoms with Gasteiger partial charge in [-0.1, -0.05) is 97.3 Å². The molecule has 1 atom stereocenters. The van der Waals surface area contributed by atoms with Crippen LogP contribution in [0.25, 0.3) is 0 Å². The highest BCUT2D eigenvalue weighted by atomic mass is 31.2. The molecule has 0 radical (unpaired) electrons. The monoisotopic (exact) mass is 494 g/mol. The van der Waals surface area contributed by atoms with Gasteiger partial charge in [-0.3, -0.25) is 14.1 Å². The van der Waals surface area contributed by atoms with Crippen molar-refractivity contribution in [2.75, 3.05) is 13.2 Å². The Morgan fingerprint density at radius 2 is 1.15 bits per heavy atom. The Balaban J connectivity index is 3.83. The summed E-state index contributed by atoms with van der Waals surface area (Å²) in [4.78, 5) is 41.2. The molecule has 8 nitrogen and oxygen atoms in total. The van der Waals surface area contributed by atoms with Gasteiger partial charge in [-0.25, -0.2) is 4.57 Å². The third kappa shape index (κ3) is 24.0. The van der Waals surface area contributed by atoms with E-state index >= 15 is 0 Å². The smallest absolute Gasteiger partial charge is 0.462 e. The average Bonchev–Trinajstić information content (AvgIpc) is 2.75. The number of carbonyl (C=O) groups is 2. The summed E-state index contributed by atoms with van der Waals surface area (Å²) in [6.45, 7) is 3.25. The van der Waals surface area contributed by atoms with Crippen molar-refractivity contribution in [2.24, 2.45) is 0 Å². The first-order valence-corrected chi connectivity index (χ1v) is 14.4. The topological polar surface area (TPSA) is 119 Å². The van der Waals surface area contributed by atoms with Crippen LogP contribution in [0.1, 0.15) is 123 Å². The zero-order chi connectivity index (χ0) is 24.8. The maximum absolute atomic E-state index is 12.1. The summed E-state index contributed by atoms with van der Waals surface area (Å²) < 4.78 is 25.5. The predicted octanol–water partition coefficient (Wildman–Crippen LogP) is 6.22. The van der Waals surface area contributed by atoms with E-state index in [2.05, 4.69) is 11.4 Å². The lowest BCUT2D eigenvalue weighted by atomic mass is 10.0. The van der Waals surface area contributed by atoms with Gasteiger partial charge in [0.2, 0.25) is 0 Å². The van der Waals surface area contributed by atoms with Gasteiger partial charge in [0.1, 0.15) is 6.61 Å². The number of carbonyl (C=O) groups excluding carboxylic acids is 2. The van der Waals surface area contributed by atoms with Gasteiger partial charge >= 0.3 is 19.8 Å². The van der Waals surface area contributed by atoms with Gasteiger partial charge in [0.15, 0.2) is 6.10 Å². The summed E-state index contributed by atoms with van der Waals surface area (Å²) in [6.07, 6.45) is 17.1. The number of phosphoric acid groups is 1. The zero-order valence-electron chi connectivity index (χ0n) is 20.8. The minimum absolute atomic E-state index is 0.216. The van der Waals surface area contributed by atoms with Crippen LogP contribution in [0, 0.1) is 0 Å². The van der Waals surface area contributed by atoms with Crippen LogP contribution in [0.5, 0.6) is 0 Å². The van der Waals surface area contributed by atoms with Gasteiger partial charge in [0.05, 0.1) is 6.61 Å². The lowest BCUT2D eigenvalue weighted by Gasteiger charge is -2.18. The van der Waals surface area contributed by atoms with Crippen molar-refractivity contribution in [2.45, 2.75) is 129 Å². The van der Waals surface area contributed by atoms with Crippen LogP contribution < -0.4 is 0 Å². The average molecular weight is 495 g/mol. The molecule has 0 aliphatic rings. The van der Waals surface area contributed by atoms with Gasteiger partial charge in [-0.2, -0.15) is 0 Å². The molecule has 0 aromatic rings. The number of ether oxygens (including phenoxy) is 2. The van der Waals surface area contributed by atoms with E-state index in [1.807, 2.05) is 6.92 Å². The van der Waals surface area contributed by atoms with E-state index in [0.717, 1.165) is 19.3 Å². The molecule has 0 fully saturated rings. The van der Waals surface area contributed by atoms with E-state index < -0.39 is 32.5 Å². The number of esters is 2. The second kappa shape index (κ2) is 21.6. The number of hydrogen-bond acceptors (Lipinski definition) is 6. The van der Waals surface area contributed by atoms with Crippen molar-refractivity contribution >= 4 is 19.8 Å². The fourth-order valence-corrected chi connectivity index (χ4v) is 3.83. The second-order valence-corrected chi connectivity index (χ2v) is 9.92. The molecule has 2 N–H and O–H groups in total. The van der Waals surface area contributed by atoms with Crippen LogP contribution in [-0.4, -0.2) is 41.0 Å². The highest BCUT2D eigenvalue weighted by molar-refractivity contribution is 7.46. The minimum atomic E-state index is -4.71. The Labute approximate surface area is 200 Å². The molecular weight excluding hydrogens is 447 g/mol. The third-order valence-corrected chi connectivity index (χ3v) is 5.83.